The lowest BCUT2D eigenvalue weighted by Gasteiger charge is -2.35. The molecule has 0 saturated carbocycles. The fourth-order valence-corrected chi connectivity index (χ4v) is 3.34. The van der Waals surface area contributed by atoms with Gasteiger partial charge in [0.2, 0.25) is 0 Å². The number of H-pyrrole nitrogens is 1. The first-order valence-corrected chi connectivity index (χ1v) is 6.50. The molecular formula is C12H18N4O2. The summed E-state index contributed by atoms with van der Waals surface area (Å²) in [6.07, 6.45) is 4.32. The van der Waals surface area contributed by atoms with E-state index < -0.39 is 5.56 Å². The van der Waals surface area contributed by atoms with Crippen molar-refractivity contribution >= 4 is 5.82 Å². The van der Waals surface area contributed by atoms with Crippen LogP contribution >= 0.6 is 0 Å². The molecule has 6 heteroatoms. The van der Waals surface area contributed by atoms with Crippen LogP contribution < -0.4 is 17.0 Å². The lowest BCUT2D eigenvalue weighted by Crippen LogP contribution is -2.42. The van der Waals surface area contributed by atoms with E-state index in [9.17, 15) is 9.59 Å². The molecule has 3 N–H and O–H groups in total. The number of aromatic nitrogens is 2. The standard InChI is InChI=1S/C12H18N4O2/c13-10-7-11(17)14-12(18)16(10)9-3-5-15-4-1-2-8(15)6-9/h7-9H,1-6,13H2,(H,14,17,18). The zero-order chi connectivity index (χ0) is 12.7. The van der Waals surface area contributed by atoms with E-state index >= 15 is 0 Å². The molecule has 0 aromatic carbocycles. The van der Waals surface area contributed by atoms with Gasteiger partial charge in [-0.2, -0.15) is 0 Å². The fraction of sp³-hybridized carbons (Fsp3) is 0.667. The maximum absolute atomic E-state index is 11.9. The minimum Gasteiger partial charge on any atom is -0.385 e. The molecule has 98 valence electrons. The topological polar surface area (TPSA) is 84.1 Å². The molecule has 6 nitrogen and oxygen atoms in total. The van der Waals surface area contributed by atoms with Gasteiger partial charge in [0.15, 0.2) is 0 Å². The minimum atomic E-state index is -0.424. The van der Waals surface area contributed by atoms with Gasteiger partial charge in [0.05, 0.1) is 0 Å². The molecule has 2 atom stereocenters. The Morgan fingerprint density at radius 1 is 1.22 bits per heavy atom. The Balaban J connectivity index is 1.92. The second-order valence-electron chi connectivity index (χ2n) is 5.24. The highest BCUT2D eigenvalue weighted by Crippen LogP contribution is 2.32. The van der Waals surface area contributed by atoms with Gasteiger partial charge in [0.25, 0.3) is 5.56 Å². The van der Waals surface area contributed by atoms with Gasteiger partial charge >= 0.3 is 5.69 Å². The highest BCUT2D eigenvalue weighted by Gasteiger charge is 2.33. The molecule has 2 saturated heterocycles. The van der Waals surface area contributed by atoms with E-state index in [0.29, 0.717) is 6.04 Å². The predicted molar refractivity (Wildman–Crippen MR) is 68.6 cm³/mol. The Hall–Kier alpha value is -1.56. The summed E-state index contributed by atoms with van der Waals surface area (Å²) in [5.74, 6) is 0.278. The number of hydrogen-bond donors (Lipinski definition) is 2. The first-order chi connectivity index (χ1) is 8.65. The molecule has 0 spiro atoms. The van der Waals surface area contributed by atoms with E-state index in [2.05, 4.69) is 9.88 Å². The van der Waals surface area contributed by atoms with E-state index in [4.69, 9.17) is 5.73 Å². The first kappa shape index (κ1) is 11.5. The van der Waals surface area contributed by atoms with E-state index in [1.807, 2.05) is 0 Å². The normalized spacial score (nSPS) is 28.2. The average Bonchev–Trinajstić information content (AvgIpc) is 2.74. The van der Waals surface area contributed by atoms with Crippen LogP contribution in [-0.4, -0.2) is 33.6 Å². The van der Waals surface area contributed by atoms with Crippen LogP contribution in [0.3, 0.4) is 0 Å². The maximum atomic E-state index is 11.9. The van der Waals surface area contributed by atoms with Gasteiger partial charge in [-0.25, -0.2) is 4.79 Å². The Bertz CT molecular complexity index is 562. The van der Waals surface area contributed by atoms with Crippen molar-refractivity contribution in [3.8, 4) is 0 Å². The largest absolute Gasteiger partial charge is 0.385 e. The monoisotopic (exact) mass is 250 g/mol. The number of fused-ring (bicyclic) bond motifs is 1. The van der Waals surface area contributed by atoms with Crippen molar-refractivity contribution in [1.29, 1.82) is 0 Å². The summed E-state index contributed by atoms with van der Waals surface area (Å²) in [4.78, 5) is 27.8. The van der Waals surface area contributed by atoms with Crippen LogP contribution in [0, 0.1) is 0 Å². The Kier molecular flexibility index (Phi) is 2.74. The number of piperidine rings is 1. The van der Waals surface area contributed by atoms with Gasteiger partial charge in [0.1, 0.15) is 5.82 Å². The van der Waals surface area contributed by atoms with Crippen molar-refractivity contribution in [1.82, 2.24) is 14.5 Å². The number of rotatable bonds is 1. The van der Waals surface area contributed by atoms with Crippen LogP contribution in [0.2, 0.25) is 0 Å². The van der Waals surface area contributed by atoms with Crippen LogP contribution in [0.25, 0.3) is 0 Å². The van der Waals surface area contributed by atoms with Crippen molar-refractivity contribution in [2.75, 3.05) is 18.8 Å². The molecule has 0 aliphatic carbocycles. The number of nitrogen functional groups attached to an aromatic ring is 1. The zero-order valence-corrected chi connectivity index (χ0v) is 10.3. The fourth-order valence-electron chi connectivity index (χ4n) is 3.34. The predicted octanol–water partition coefficient (Wildman–Crippen LogP) is -0.0819. The van der Waals surface area contributed by atoms with E-state index in [1.165, 1.54) is 25.5 Å². The van der Waals surface area contributed by atoms with Crippen molar-refractivity contribution < 1.29 is 0 Å². The molecule has 0 bridgehead atoms. The molecule has 18 heavy (non-hydrogen) atoms. The number of hydrogen-bond acceptors (Lipinski definition) is 4. The van der Waals surface area contributed by atoms with Crippen LogP contribution in [0.4, 0.5) is 5.82 Å². The lowest BCUT2D eigenvalue weighted by atomic mass is 9.97. The smallest absolute Gasteiger partial charge is 0.330 e. The van der Waals surface area contributed by atoms with Gasteiger partial charge < -0.3 is 10.6 Å². The maximum Gasteiger partial charge on any atom is 0.330 e. The Morgan fingerprint density at radius 3 is 2.83 bits per heavy atom. The summed E-state index contributed by atoms with van der Waals surface area (Å²) in [6, 6.07) is 1.98. The highest BCUT2D eigenvalue weighted by atomic mass is 16.2. The summed E-state index contributed by atoms with van der Waals surface area (Å²) in [6.45, 7) is 2.19. The molecule has 2 fully saturated rings. The number of nitrogens with one attached hydrogen (secondary N) is 1. The zero-order valence-electron chi connectivity index (χ0n) is 10.3. The third-order valence-electron chi connectivity index (χ3n) is 4.16. The van der Waals surface area contributed by atoms with Crippen LogP contribution in [0.15, 0.2) is 15.7 Å². The Labute approximate surface area is 104 Å². The van der Waals surface area contributed by atoms with Gasteiger partial charge in [-0.05, 0) is 32.2 Å². The van der Waals surface area contributed by atoms with E-state index in [-0.39, 0.29) is 17.5 Å². The number of nitrogens with zero attached hydrogens (tertiary/aromatic N) is 2. The molecule has 3 rings (SSSR count). The van der Waals surface area contributed by atoms with Crippen molar-refractivity contribution in [3.63, 3.8) is 0 Å². The first-order valence-electron chi connectivity index (χ1n) is 6.50. The molecule has 0 amide bonds. The van der Waals surface area contributed by atoms with Crippen LogP contribution in [0.5, 0.6) is 0 Å². The van der Waals surface area contributed by atoms with Crippen molar-refractivity contribution in [3.05, 3.63) is 26.9 Å². The van der Waals surface area contributed by atoms with Gasteiger partial charge in [-0.15, -0.1) is 0 Å². The summed E-state index contributed by atoms with van der Waals surface area (Å²) in [5, 5.41) is 0. The van der Waals surface area contributed by atoms with E-state index in [0.717, 1.165) is 19.4 Å². The van der Waals surface area contributed by atoms with Gasteiger partial charge in [0, 0.05) is 24.7 Å². The third kappa shape index (κ3) is 1.86. The van der Waals surface area contributed by atoms with Crippen molar-refractivity contribution in [2.24, 2.45) is 0 Å². The quantitative estimate of drug-likeness (QED) is 0.730. The SMILES string of the molecule is Nc1cc(=O)[nH]c(=O)n1C1CCN2CCCC2C1. The number of aromatic amines is 1. The van der Waals surface area contributed by atoms with Crippen LogP contribution in [0.1, 0.15) is 31.7 Å². The molecule has 1 aromatic rings. The molecule has 2 unspecified atom stereocenters. The van der Waals surface area contributed by atoms with E-state index in [1.54, 1.807) is 4.57 Å². The van der Waals surface area contributed by atoms with Gasteiger partial charge in [-0.3, -0.25) is 14.3 Å². The highest BCUT2D eigenvalue weighted by molar-refractivity contribution is 5.27. The van der Waals surface area contributed by atoms with Crippen molar-refractivity contribution in [2.45, 2.75) is 37.8 Å². The summed E-state index contributed by atoms with van der Waals surface area (Å²) >= 11 is 0. The number of nitrogens with two attached hydrogens (primary N) is 1. The summed E-state index contributed by atoms with van der Waals surface area (Å²) < 4.78 is 1.55. The molecule has 3 heterocycles. The van der Waals surface area contributed by atoms with Gasteiger partial charge in [-0.1, -0.05) is 0 Å². The molecule has 2 aliphatic heterocycles. The van der Waals surface area contributed by atoms with Crippen LogP contribution in [-0.2, 0) is 0 Å². The molecule has 1 aromatic heterocycles. The summed E-state index contributed by atoms with van der Waals surface area (Å²) in [5.41, 5.74) is 5.02. The second kappa shape index (κ2) is 4.28. The average molecular weight is 250 g/mol. The third-order valence-corrected chi connectivity index (χ3v) is 4.16. The summed E-state index contributed by atoms with van der Waals surface area (Å²) in [7, 11) is 0. The molecule has 2 aliphatic rings. The molecule has 0 radical (unpaired) electrons. The lowest BCUT2D eigenvalue weighted by molar-refractivity contribution is 0.154. The molecular weight excluding hydrogens is 232 g/mol. The second-order valence-corrected chi connectivity index (χ2v) is 5.24. The number of anilines is 1. The Morgan fingerprint density at radius 2 is 2.06 bits per heavy atom. The minimum absolute atomic E-state index is 0.119.